The second-order valence-corrected chi connectivity index (χ2v) is 11.9. The number of hydrogen-bond acceptors (Lipinski definition) is 7. The van der Waals surface area contributed by atoms with Crippen LogP contribution in [-0.2, 0) is 22.7 Å². The predicted octanol–water partition coefficient (Wildman–Crippen LogP) is 4.81. The maximum absolute atomic E-state index is 13.8. The van der Waals surface area contributed by atoms with E-state index in [1.165, 1.54) is 11.8 Å². The standard InChI is InChI=1S/C25H25N3O4S2/c1-2-17-9-6-10-19-20(14-26-22(17)19)23(29)24(18-7-4-3-5-8-18)33-25-28-27-21(32-25)13-16-11-12-34(30,31)15-16/h3-10,14,16,24,26H,2,11-13,15H2,1H3/t16-,24-/m0/s1. The van der Waals surface area contributed by atoms with Gasteiger partial charge in [-0.15, -0.1) is 10.2 Å². The Balaban J connectivity index is 1.42. The van der Waals surface area contributed by atoms with Crippen LogP contribution in [0.3, 0.4) is 0 Å². The predicted molar refractivity (Wildman–Crippen MR) is 132 cm³/mol. The molecule has 0 bridgehead atoms. The van der Waals surface area contributed by atoms with Crippen molar-refractivity contribution in [1.82, 2.24) is 15.2 Å². The van der Waals surface area contributed by atoms with E-state index in [4.69, 9.17) is 4.42 Å². The Morgan fingerprint density at radius 3 is 2.74 bits per heavy atom. The number of Topliss-reactive ketones (excluding diaryl/α,β-unsaturated/α-hetero) is 1. The maximum atomic E-state index is 13.8. The van der Waals surface area contributed by atoms with Crippen LogP contribution in [0.2, 0.25) is 0 Å². The Hall–Kier alpha value is -2.91. The number of thioether (sulfide) groups is 1. The smallest absolute Gasteiger partial charge is 0.277 e. The van der Waals surface area contributed by atoms with Crippen molar-refractivity contribution in [2.24, 2.45) is 5.92 Å². The molecule has 2 atom stereocenters. The van der Waals surface area contributed by atoms with E-state index >= 15 is 0 Å². The average Bonchev–Trinajstić information content (AvgIpc) is 3.56. The monoisotopic (exact) mass is 495 g/mol. The first-order valence-electron chi connectivity index (χ1n) is 11.3. The van der Waals surface area contributed by atoms with E-state index in [2.05, 4.69) is 28.2 Å². The molecular formula is C25H25N3O4S2. The third-order valence-electron chi connectivity index (χ3n) is 6.25. The fraction of sp³-hybridized carbons (Fsp3) is 0.320. The van der Waals surface area contributed by atoms with Gasteiger partial charge in [0.25, 0.3) is 5.22 Å². The van der Waals surface area contributed by atoms with E-state index in [1.54, 1.807) is 6.20 Å². The van der Waals surface area contributed by atoms with Crippen molar-refractivity contribution >= 4 is 38.3 Å². The van der Waals surface area contributed by atoms with Gasteiger partial charge in [-0.1, -0.05) is 55.5 Å². The molecule has 3 heterocycles. The van der Waals surface area contributed by atoms with Gasteiger partial charge in [-0.3, -0.25) is 4.79 Å². The van der Waals surface area contributed by atoms with E-state index in [-0.39, 0.29) is 23.2 Å². The van der Waals surface area contributed by atoms with Crippen LogP contribution in [0.15, 0.2) is 64.4 Å². The van der Waals surface area contributed by atoms with Gasteiger partial charge in [0.05, 0.1) is 11.5 Å². The molecule has 34 heavy (non-hydrogen) atoms. The minimum atomic E-state index is -2.97. The number of hydrogen-bond donors (Lipinski definition) is 1. The highest BCUT2D eigenvalue weighted by Crippen LogP contribution is 2.39. The third-order valence-corrected chi connectivity index (χ3v) is 9.17. The molecular weight excluding hydrogens is 470 g/mol. The van der Waals surface area contributed by atoms with Crippen molar-refractivity contribution in [3.05, 3.63) is 77.3 Å². The van der Waals surface area contributed by atoms with Crippen molar-refractivity contribution in [3.8, 4) is 0 Å². The van der Waals surface area contributed by atoms with Crippen LogP contribution in [0, 0.1) is 5.92 Å². The fourth-order valence-electron chi connectivity index (χ4n) is 4.51. The topological polar surface area (TPSA) is 106 Å². The largest absolute Gasteiger partial charge is 0.416 e. The molecule has 0 amide bonds. The van der Waals surface area contributed by atoms with Gasteiger partial charge in [0.15, 0.2) is 15.6 Å². The number of nitrogens with zero attached hydrogens (tertiary/aromatic N) is 2. The van der Waals surface area contributed by atoms with Gasteiger partial charge in [0.1, 0.15) is 5.25 Å². The minimum Gasteiger partial charge on any atom is -0.416 e. The summed E-state index contributed by atoms with van der Waals surface area (Å²) in [4.78, 5) is 17.1. The van der Waals surface area contributed by atoms with Crippen molar-refractivity contribution in [1.29, 1.82) is 0 Å². The fourth-order valence-corrected chi connectivity index (χ4v) is 7.33. The molecule has 1 saturated heterocycles. The first-order valence-corrected chi connectivity index (χ1v) is 14.0. The van der Waals surface area contributed by atoms with Gasteiger partial charge in [0.2, 0.25) is 5.89 Å². The molecule has 0 aliphatic carbocycles. The SMILES string of the molecule is CCc1cccc2c(C(=O)[C@@H](Sc3nnc(C[C@@H]4CCS(=O)(=O)C4)o3)c3ccccc3)c[nH]c12. The lowest BCUT2D eigenvalue weighted by Crippen LogP contribution is -2.09. The Bertz CT molecular complexity index is 1430. The van der Waals surface area contributed by atoms with Crippen LogP contribution in [0.5, 0.6) is 0 Å². The van der Waals surface area contributed by atoms with Crippen LogP contribution in [0.1, 0.15) is 46.0 Å². The van der Waals surface area contributed by atoms with Gasteiger partial charge < -0.3 is 9.40 Å². The van der Waals surface area contributed by atoms with Crippen LogP contribution in [0.4, 0.5) is 0 Å². The number of fused-ring (bicyclic) bond motifs is 1. The molecule has 0 unspecified atom stereocenters. The number of para-hydroxylation sites is 1. The molecule has 176 valence electrons. The molecule has 0 saturated carbocycles. The van der Waals surface area contributed by atoms with Gasteiger partial charge >= 0.3 is 0 Å². The molecule has 7 nitrogen and oxygen atoms in total. The first kappa shape index (κ1) is 22.9. The highest BCUT2D eigenvalue weighted by Gasteiger charge is 2.31. The summed E-state index contributed by atoms with van der Waals surface area (Å²) >= 11 is 1.22. The van der Waals surface area contributed by atoms with Gasteiger partial charge in [-0.25, -0.2) is 8.42 Å². The number of nitrogens with one attached hydrogen (secondary N) is 1. The second-order valence-electron chi connectivity index (χ2n) is 8.60. The summed E-state index contributed by atoms with van der Waals surface area (Å²) in [6.45, 7) is 2.09. The number of rotatable bonds is 8. The maximum Gasteiger partial charge on any atom is 0.277 e. The number of H-pyrrole nitrogens is 1. The molecule has 1 aliphatic rings. The van der Waals surface area contributed by atoms with E-state index in [0.29, 0.717) is 29.5 Å². The normalized spacial score (nSPS) is 18.3. The van der Waals surface area contributed by atoms with Gasteiger partial charge in [0, 0.05) is 29.1 Å². The number of carbonyl (C=O) groups excluding carboxylic acids is 1. The molecule has 1 N–H and O–H groups in total. The number of carbonyl (C=O) groups is 1. The number of ketones is 1. The van der Waals surface area contributed by atoms with Crippen molar-refractivity contribution in [2.45, 2.75) is 36.7 Å². The zero-order valence-corrected chi connectivity index (χ0v) is 20.4. The lowest BCUT2D eigenvalue weighted by molar-refractivity contribution is 0.0990. The summed E-state index contributed by atoms with van der Waals surface area (Å²) in [5.74, 6) is 0.723. The van der Waals surface area contributed by atoms with Crippen LogP contribution in [-0.4, -0.2) is 40.9 Å². The zero-order valence-electron chi connectivity index (χ0n) is 18.7. The summed E-state index contributed by atoms with van der Waals surface area (Å²) < 4.78 is 29.3. The quantitative estimate of drug-likeness (QED) is 0.276. The molecule has 0 radical (unpaired) electrons. The summed E-state index contributed by atoms with van der Waals surface area (Å²) in [7, 11) is -2.97. The summed E-state index contributed by atoms with van der Waals surface area (Å²) in [6, 6.07) is 15.6. The minimum absolute atomic E-state index is 0.00571. The van der Waals surface area contributed by atoms with E-state index in [0.717, 1.165) is 28.5 Å². The lowest BCUT2D eigenvalue weighted by Gasteiger charge is -2.13. The lowest BCUT2D eigenvalue weighted by atomic mass is 10.0. The Morgan fingerprint density at radius 2 is 2.00 bits per heavy atom. The van der Waals surface area contributed by atoms with Crippen molar-refractivity contribution in [2.75, 3.05) is 11.5 Å². The molecule has 2 aromatic heterocycles. The molecule has 0 spiro atoms. The van der Waals surface area contributed by atoms with Crippen LogP contribution >= 0.6 is 11.8 Å². The Labute approximate surface area is 202 Å². The zero-order chi connectivity index (χ0) is 23.7. The highest BCUT2D eigenvalue weighted by molar-refractivity contribution is 8.00. The highest BCUT2D eigenvalue weighted by atomic mass is 32.2. The summed E-state index contributed by atoms with van der Waals surface area (Å²) in [5, 5.41) is 8.91. The molecule has 2 aromatic carbocycles. The molecule has 4 aromatic rings. The Morgan fingerprint density at radius 1 is 1.18 bits per heavy atom. The van der Waals surface area contributed by atoms with Crippen LogP contribution in [0.25, 0.3) is 10.9 Å². The van der Waals surface area contributed by atoms with E-state index in [1.807, 2.05) is 42.5 Å². The first-order chi connectivity index (χ1) is 16.4. The number of sulfone groups is 1. The molecule has 1 aliphatic heterocycles. The number of aryl methyl sites for hydroxylation is 1. The van der Waals surface area contributed by atoms with Crippen molar-refractivity contribution < 1.29 is 17.6 Å². The Kier molecular flexibility index (Phi) is 6.31. The van der Waals surface area contributed by atoms with E-state index in [9.17, 15) is 13.2 Å². The van der Waals surface area contributed by atoms with E-state index < -0.39 is 15.1 Å². The van der Waals surface area contributed by atoms with Crippen molar-refractivity contribution in [3.63, 3.8) is 0 Å². The molecule has 1 fully saturated rings. The summed E-state index contributed by atoms with van der Waals surface area (Å²) in [5.41, 5.74) is 3.62. The van der Waals surface area contributed by atoms with Crippen LogP contribution < -0.4 is 0 Å². The summed E-state index contributed by atoms with van der Waals surface area (Å²) in [6.07, 6.45) is 3.69. The average molecular weight is 496 g/mol. The second kappa shape index (κ2) is 9.38. The molecule has 9 heteroatoms. The molecule has 5 rings (SSSR count). The third kappa shape index (κ3) is 4.67. The number of aromatic nitrogens is 3. The number of aromatic amines is 1. The van der Waals surface area contributed by atoms with Gasteiger partial charge in [-0.2, -0.15) is 0 Å². The number of benzene rings is 2. The van der Waals surface area contributed by atoms with Gasteiger partial charge in [-0.05, 0) is 41.6 Å².